The summed E-state index contributed by atoms with van der Waals surface area (Å²) in [7, 11) is 0. The van der Waals surface area contributed by atoms with Crippen LogP contribution in [0.5, 0.6) is 0 Å². The monoisotopic (exact) mass is 216 g/mol. The number of hydrogen-bond acceptors (Lipinski definition) is 3. The van der Waals surface area contributed by atoms with Gasteiger partial charge >= 0.3 is 0 Å². The molecule has 14 heavy (non-hydrogen) atoms. The van der Waals surface area contributed by atoms with E-state index in [0.717, 1.165) is 32.5 Å². The van der Waals surface area contributed by atoms with E-state index in [9.17, 15) is 5.11 Å². The van der Waals surface area contributed by atoms with Crippen LogP contribution in [0.3, 0.4) is 0 Å². The SMILES string of the molecule is CC(CN1CCCC(C)(O)C1)C(N)=S. The van der Waals surface area contributed by atoms with Crippen LogP contribution in [0, 0.1) is 5.92 Å². The Bertz CT molecular complexity index is 218. The number of hydrogen-bond donors (Lipinski definition) is 2. The summed E-state index contributed by atoms with van der Waals surface area (Å²) in [5, 5.41) is 9.89. The molecule has 2 atom stereocenters. The fourth-order valence-corrected chi connectivity index (χ4v) is 2.03. The lowest BCUT2D eigenvalue weighted by Crippen LogP contribution is -2.48. The largest absolute Gasteiger partial charge is 0.393 e. The quantitative estimate of drug-likeness (QED) is 0.684. The third-order valence-corrected chi connectivity index (χ3v) is 3.17. The van der Waals surface area contributed by atoms with Gasteiger partial charge in [-0.3, -0.25) is 4.90 Å². The zero-order chi connectivity index (χ0) is 10.8. The first-order valence-corrected chi connectivity index (χ1v) is 5.55. The molecule has 3 N–H and O–H groups in total. The first-order chi connectivity index (χ1) is 6.41. The van der Waals surface area contributed by atoms with Crippen LogP contribution in [0.2, 0.25) is 0 Å². The number of likely N-dealkylation sites (tertiary alicyclic amines) is 1. The molecule has 1 saturated heterocycles. The summed E-state index contributed by atoms with van der Waals surface area (Å²) < 4.78 is 0. The smallest absolute Gasteiger partial charge is 0.0768 e. The fraction of sp³-hybridized carbons (Fsp3) is 0.900. The van der Waals surface area contributed by atoms with Crippen molar-refractivity contribution in [3.8, 4) is 0 Å². The van der Waals surface area contributed by atoms with Crippen molar-refractivity contribution in [2.75, 3.05) is 19.6 Å². The average Bonchev–Trinajstić information content (AvgIpc) is 2.01. The lowest BCUT2D eigenvalue weighted by atomic mass is 9.94. The number of nitrogens with zero attached hydrogens (tertiary/aromatic N) is 1. The van der Waals surface area contributed by atoms with Crippen molar-refractivity contribution in [3.05, 3.63) is 0 Å². The zero-order valence-electron chi connectivity index (χ0n) is 8.99. The highest BCUT2D eigenvalue weighted by molar-refractivity contribution is 7.80. The van der Waals surface area contributed by atoms with Gasteiger partial charge in [0.1, 0.15) is 0 Å². The van der Waals surface area contributed by atoms with E-state index in [2.05, 4.69) is 4.90 Å². The summed E-state index contributed by atoms with van der Waals surface area (Å²) >= 11 is 4.93. The molecular formula is C10H20N2OS. The Balaban J connectivity index is 2.42. The van der Waals surface area contributed by atoms with E-state index < -0.39 is 5.60 Å². The van der Waals surface area contributed by atoms with Crippen molar-refractivity contribution in [3.63, 3.8) is 0 Å². The summed E-state index contributed by atoms with van der Waals surface area (Å²) in [5.74, 6) is 0.235. The third-order valence-electron chi connectivity index (χ3n) is 2.77. The molecule has 1 heterocycles. The third kappa shape index (κ3) is 3.52. The van der Waals surface area contributed by atoms with E-state index in [4.69, 9.17) is 18.0 Å². The van der Waals surface area contributed by atoms with Gasteiger partial charge in [-0.15, -0.1) is 0 Å². The zero-order valence-corrected chi connectivity index (χ0v) is 9.81. The highest BCUT2D eigenvalue weighted by Crippen LogP contribution is 2.20. The molecule has 1 fully saturated rings. The molecular weight excluding hydrogens is 196 g/mol. The second-order valence-electron chi connectivity index (χ2n) is 4.64. The molecule has 1 rings (SSSR count). The second kappa shape index (κ2) is 4.55. The summed E-state index contributed by atoms with van der Waals surface area (Å²) in [6.45, 7) is 6.57. The van der Waals surface area contributed by atoms with Crippen molar-refractivity contribution in [1.82, 2.24) is 4.90 Å². The lowest BCUT2D eigenvalue weighted by molar-refractivity contribution is -0.0170. The Morgan fingerprint density at radius 1 is 1.71 bits per heavy atom. The molecule has 0 aromatic heterocycles. The molecule has 2 unspecified atom stereocenters. The fourth-order valence-electron chi connectivity index (χ4n) is 1.96. The Hall–Kier alpha value is -0.190. The topological polar surface area (TPSA) is 49.5 Å². The molecule has 0 aromatic rings. The normalized spacial score (nSPS) is 31.4. The van der Waals surface area contributed by atoms with Crippen LogP contribution in [-0.2, 0) is 0 Å². The predicted molar refractivity (Wildman–Crippen MR) is 62.2 cm³/mol. The van der Waals surface area contributed by atoms with Gasteiger partial charge < -0.3 is 10.8 Å². The number of nitrogens with two attached hydrogens (primary N) is 1. The minimum Gasteiger partial charge on any atom is -0.393 e. The first-order valence-electron chi connectivity index (χ1n) is 5.15. The number of piperidine rings is 1. The van der Waals surface area contributed by atoms with Gasteiger partial charge in [0.15, 0.2) is 0 Å². The van der Waals surface area contributed by atoms with Crippen LogP contribution in [0.15, 0.2) is 0 Å². The van der Waals surface area contributed by atoms with Gasteiger partial charge in [0.25, 0.3) is 0 Å². The van der Waals surface area contributed by atoms with Gasteiger partial charge in [-0.2, -0.15) is 0 Å². The summed E-state index contributed by atoms with van der Waals surface area (Å²) in [6, 6.07) is 0. The molecule has 0 saturated carbocycles. The molecule has 0 aromatic carbocycles. The molecule has 3 nitrogen and oxygen atoms in total. The average molecular weight is 216 g/mol. The number of β-amino-alcohol motifs (C(OH)–C–C–N with tert-alkyl or cyclic N) is 1. The summed E-state index contributed by atoms with van der Waals surface area (Å²) in [4.78, 5) is 2.81. The Morgan fingerprint density at radius 3 is 2.86 bits per heavy atom. The van der Waals surface area contributed by atoms with Gasteiger partial charge in [-0.25, -0.2) is 0 Å². The molecule has 0 radical (unpaired) electrons. The molecule has 1 aliphatic heterocycles. The van der Waals surface area contributed by atoms with E-state index in [-0.39, 0.29) is 5.92 Å². The summed E-state index contributed by atoms with van der Waals surface area (Å²) in [5.41, 5.74) is 5.03. The Labute approximate surface area is 91.3 Å². The standard InChI is InChI=1S/C10H20N2OS/c1-8(9(11)14)6-12-5-3-4-10(2,13)7-12/h8,13H,3-7H2,1-2H3,(H2,11,14). The minimum atomic E-state index is -0.534. The summed E-state index contributed by atoms with van der Waals surface area (Å²) in [6.07, 6.45) is 1.95. The number of aliphatic hydroxyl groups is 1. The molecule has 82 valence electrons. The maximum absolute atomic E-state index is 9.89. The molecule has 0 bridgehead atoms. The maximum atomic E-state index is 9.89. The highest BCUT2D eigenvalue weighted by Gasteiger charge is 2.28. The predicted octanol–water partition coefficient (Wildman–Crippen LogP) is 0.755. The number of rotatable bonds is 3. The van der Waals surface area contributed by atoms with E-state index >= 15 is 0 Å². The van der Waals surface area contributed by atoms with E-state index in [1.54, 1.807) is 0 Å². The van der Waals surface area contributed by atoms with E-state index in [1.807, 2.05) is 13.8 Å². The highest BCUT2D eigenvalue weighted by atomic mass is 32.1. The molecule has 4 heteroatoms. The van der Waals surface area contributed by atoms with Crippen LogP contribution in [0.25, 0.3) is 0 Å². The lowest BCUT2D eigenvalue weighted by Gasteiger charge is -2.37. The van der Waals surface area contributed by atoms with Crippen LogP contribution < -0.4 is 5.73 Å². The Kier molecular flexibility index (Phi) is 3.86. The van der Waals surface area contributed by atoms with Crippen molar-refractivity contribution in [2.24, 2.45) is 11.7 Å². The second-order valence-corrected chi connectivity index (χ2v) is 5.11. The van der Waals surface area contributed by atoms with Crippen LogP contribution >= 0.6 is 12.2 Å². The number of thiocarbonyl (C=S) groups is 1. The molecule has 1 aliphatic rings. The van der Waals surface area contributed by atoms with E-state index in [1.165, 1.54) is 0 Å². The van der Waals surface area contributed by atoms with Crippen molar-refractivity contribution >= 4 is 17.2 Å². The van der Waals surface area contributed by atoms with Gasteiger partial charge in [-0.1, -0.05) is 19.1 Å². The van der Waals surface area contributed by atoms with Crippen molar-refractivity contribution < 1.29 is 5.11 Å². The van der Waals surface area contributed by atoms with Gasteiger partial charge in [0, 0.05) is 19.0 Å². The van der Waals surface area contributed by atoms with Crippen molar-refractivity contribution in [1.29, 1.82) is 0 Å². The van der Waals surface area contributed by atoms with Crippen LogP contribution in [-0.4, -0.2) is 40.2 Å². The molecule has 0 amide bonds. The van der Waals surface area contributed by atoms with Gasteiger partial charge in [0.05, 0.1) is 10.6 Å². The Morgan fingerprint density at radius 2 is 2.36 bits per heavy atom. The van der Waals surface area contributed by atoms with Gasteiger partial charge in [-0.05, 0) is 26.3 Å². The van der Waals surface area contributed by atoms with Crippen molar-refractivity contribution in [2.45, 2.75) is 32.3 Å². The van der Waals surface area contributed by atoms with E-state index in [0.29, 0.717) is 4.99 Å². The molecule has 0 aliphatic carbocycles. The van der Waals surface area contributed by atoms with Gasteiger partial charge in [0.2, 0.25) is 0 Å². The minimum absolute atomic E-state index is 0.235. The van der Waals surface area contributed by atoms with Crippen LogP contribution in [0.1, 0.15) is 26.7 Å². The van der Waals surface area contributed by atoms with Crippen LogP contribution in [0.4, 0.5) is 0 Å². The molecule has 0 spiro atoms. The first kappa shape index (κ1) is 11.9. The maximum Gasteiger partial charge on any atom is 0.0768 e.